The highest BCUT2D eigenvalue weighted by Crippen LogP contribution is 2.29. The van der Waals surface area contributed by atoms with Crippen LogP contribution in [0.25, 0.3) is 11.7 Å². The number of benzene rings is 1. The minimum atomic E-state index is -0.0919. The number of rotatable bonds is 6. The zero-order valence-corrected chi connectivity index (χ0v) is 18.2. The number of thioether (sulfide) groups is 1. The van der Waals surface area contributed by atoms with E-state index in [1.165, 1.54) is 6.26 Å². The van der Waals surface area contributed by atoms with Gasteiger partial charge < -0.3 is 24.0 Å². The van der Waals surface area contributed by atoms with Crippen molar-refractivity contribution in [2.45, 2.75) is 4.90 Å². The molecule has 3 aromatic rings. The number of piperazine rings is 1. The van der Waals surface area contributed by atoms with Gasteiger partial charge in [0, 0.05) is 48.4 Å². The van der Waals surface area contributed by atoms with Crippen molar-refractivity contribution < 1.29 is 13.6 Å². The smallest absolute Gasteiger partial charge is 0.317 e. The third kappa shape index (κ3) is 5.16. The number of anilines is 1. The highest BCUT2D eigenvalue weighted by Gasteiger charge is 2.27. The number of aromatic nitrogens is 1. The van der Waals surface area contributed by atoms with Crippen LogP contribution in [0.3, 0.4) is 0 Å². The van der Waals surface area contributed by atoms with Crippen LogP contribution in [0.1, 0.15) is 5.69 Å². The molecule has 8 nitrogen and oxygen atoms in total. The average Bonchev–Trinajstić information content (AvgIpc) is 3.48. The molecule has 0 unspecified atom stereocenters. The van der Waals surface area contributed by atoms with Gasteiger partial charge in [-0.1, -0.05) is 11.6 Å². The molecule has 1 saturated heterocycles. The van der Waals surface area contributed by atoms with Crippen LogP contribution in [-0.2, 0) is 0 Å². The molecule has 160 valence electrons. The van der Waals surface area contributed by atoms with Gasteiger partial charge in [-0.15, -0.1) is 11.8 Å². The van der Waals surface area contributed by atoms with Crippen molar-refractivity contribution in [3.05, 3.63) is 53.4 Å². The van der Waals surface area contributed by atoms with E-state index in [2.05, 4.69) is 16.4 Å². The topological polar surface area (TPSA) is 98.5 Å². The number of carbonyl (C=O) groups excluding carboxylic acids is 1. The number of nitriles is 1. The Morgan fingerprint density at radius 2 is 2.00 bits per heavy atom. The number of hydrogen-bond acceptors (Lipinski definition) is 7. The van der Waals surface area contributed by atoms with Gasteiger partial charge in [-0.25, -0.2) is 4.79 Å². The molecule has 0 bridgehead atoms. The summed E-state index contributed by atoms with van der Waals surface area (Å²) in [7, 11) is 0. The number of hydrogen-bond donors (Lipinski definition) is 1. The molecule has 4 rings (SSSR count). The van der Waals surface area contributed by atoms with Crippen LogP contribution < -0.4 is 10.2 Å². The molecule has 1 aliphatic rings. The highest BCUT2D eigenvalue weighted by atomic mass is 35.5. The van der Waals surface area contributed by atoms with Crippen molar-refractivity contribution in [1.29, 1.82) is 5.26 Å². The first-order valence-corrected chi connectivity index (χ1v) is 11.1. The second kappa shape index (κ2) is 9.81. The van der Waals surface area contributed by atoms with Gasteiger partial charge in [-0.2, -0.15) is 10.2 Å². The molecule has 1 fully saturated rings. The first-order chi connectivity index (χ1) is 15.1. The normalized spacial score (nSPS) is 13.8. The Bertz CT molecular complexity index is 1050. The minimum absolute atomic E-state index is 0.0919. The zero-order chi connectivity index (χ0) is 21.6. The molecule has 1 aromatic carbocycles. The summed E-state index contributed by atoms with van der Waals surface area (Å²) < 4.78 is 11.1. The van der Waals surface area contributed by atoms with Crippen LogP contribution in [-0.4, -0.2) is 54.4 Å². The Kier molecular flexibility index (Phi) is 6.70. The van der Waals surface area contributed by atoms with Gasteiger partial charge >= 0.3 is 6.03 Å². The summed E-state index contributed by atoms with van der Waals surface area (Å²) in [5.74, 6) is 1.92. The number of nitrogens with one attached hydrogen (secondary N) is 1. The minimum Gasteiger partial charge on any atom is -0.459 e. The van der Waals surface area contributed by atoms with Crippen molar-refractivity contribution in [1.82, 2.24) is 15.2 Å². The lowest BCUT2D eigenvalue weighted by molar-refractivity contribution is 0.194. The van der Waals surface area contributed by atoms with Crippen molar-refractivity contribution in [2.24, 2.45) is 0 Å². The van der Waals surface area contributed by atoms with Crippen LogP contribution in [0.5, 0.6) is 0 Å². The molecule has 0 spiro atoms. The summed E-state index contributed by atoms with van der Waals surface area (Å²) in [5.41, 5.74) is 0.212. The molecule has 31 heavy (non-hydrogen) atoms. The highest BCUT2D eigenvalue weighted by molar-refractivity contribution is 7.99. The van der Waals surface area contributed by atoms with E-state index in [0.717, 1.165) is 10.6 Å². The maximum Gasteiger partial charge on any atom is 0.317 e. The van der Waals surface area contributed by atoms with E-state index in [1.54, 1.807) is 28.8 Å². The quantitative estimate of drug-likeness (QED) is 0.439. The molecular weight excluding hydrogens is 438 g/mol. The SMILES string of the molecule is N#Cc1nc(-c2ccco2)oc1N1CCN(C(=O)NCCSc2ccc(Cl)cc2)CC1. The monoisotopic (exact) mass is 457 g/mol. The van der Waals surface area contributed by atoms with E-state index in [0.29, 0.717) is 49.4 Å². The molecule has 10 heteroatoms. The van der Waals surface area contributed by atoms with E-state index < -0.39 is 0 Å². The Morgan fingerprint density at radius 3 is 2.68 bits per heavy atom. The third-order valence-electron chi connectivity index (χ3n) is 4.76. The number of halogens is 1. The summed E-state index contributed by atoms with van der Waals surface area (Å²) in [5, 5.41) is 13.1. The standard InChI is InChI=1S/C21H20ClN5O3S/c22-15-3-5-16(6-4-15)31-13-7-24-21(28)27-10-8-26(9-11-27)20-17(14-23)25-19(30-20)18-2-1-12-29-18/h1-6,12H,7-11,13H2,(H,24,28). The number of urea groups is 1. The second-order valence-electron chi connectivity index (χ2n) is 6.77. The van der Waals surface area contributed by atoms with Gasteiger partial charge in [-0.3, -0.25) is 0 Å². The number of oxazole rings is 1. The molecular formula is C21H20ClN5O3S. The summed E-state index contributed by atoms with van der Waals surface area (Å²) in [6, 6.07) is 13.1. The Morgan fingerprint density at radius 1 is 1.23 bits per heavy atom. The molecule has 3 heterocycles. The Balaban J connectivity index is 1.25. The largest absolute Gasteiger partial charge is 0.459 e. The van der Waals surface area contributed by atoms with Crippen LogP contribution in [0.4, 0.5) is 10.7 Å². The lowest BCUT2D eigenvalue weighted by Crippen LogP contribution is -2.52. The summed E-state index contributed by atoms with van der Waals surface area (Å²) >= 11 is 7.55. The molecule has 0 atom stereocenters. The molecule has 1 N–H and O–H groups in total. The van der Waals surface area contributed by atoms with Gasteiger partial charge in [0.25, 0.3) is 5.89 Å². The third-order valence-corrected chi connectivity index (χ3v) is 6.03. The molecule has 2 amide bonds. The number of carbonyl (C=O) groups is 1. The molecule has 2 aromatic heterocycles. The summed E-state index contributed by atoms with van der Waals surface area (Å²) in [4.78, 5) is 21.5. The van der Waals surface area contributed by atoms with Crippen molar-refractivity contribution in [2.75, 3.05) is 43.4 Å². The molecule has 0 saturated carbocycles. The van der Waals surface area contributed by atoms with Gasteiger partial charge in [-0.05, 0) is 36.4 Å². The van der Waals surface area contributed by atoms with E-state index in [9.17, 15) is 10.1 Å². The second-order valence-corrected chi connectivity index (χ2v) is 8.38. The lowest BCUT2D eigenvalue weighted by atomic mass is 10.3. The molecule has 0 radical (unpaired) electrons. The fourth-order valence-corrected chi connectivity index (χ4v) is 4.08. The Hall–Kier alpha value is -3.09. The summed E-state index contributed by atoms with van der Waals surface area (Å²) in [6.07, 6.45) is 1.52. The lowest BCUT2D eigenvalue weighted by Gasteiger charge is -2.34. The van der Waals surface area contributed by atoms with Crippen molar-refractivity contribution in [3.63, 3.8) is 0 Å². The summed E-state index contributed by atoms with van der Waals surface area (Å²) in [6.45, 7) is 2.72. The number of amides is 2. The fourth-order valence-electron chi connectivity index (χ4n) is 3.19. The average molecular weight is 458 g/mol. The van der Waals surface area contributed by atoms with Crippen molar-refractivity contribution in [3.8, 4) is 17.7 Å². The predicted molar refractivity (Wildman–Crippen MR) is 118 cm³/mol. The van der Waals surface area contributed by atoms with Crippen LogP contribution >= 0.6 is 23.4 Å². The van der Waals surface area contributed by atoms with E-state index >= 15 is 0 Å². The van der Waals surface area contributed by atoms with Gasteiger partial charge in [0.15, 0.2) is 5.76 Å². The molecule has 1 aliphatic heterocycles. The Labute approximate surface area is 188 Å². The first-order valence-electron chi connectivity index (χ1n) is 9.75. The van der Waals surface area contributed by atoms with Crippen LogP contribution in [0.15, 0.2) is 56.4 Å². The zero-order valence-electron chi connectivity index (χ0n) is 16.6. The first kappa shape index (κ1) is 21.2. The van der Waals surface area contributed by atoms with Gasteiger partial charge in [0.2, 0.25) is 11.6 Å². The fraction of sp³-hybridized carbons (Fsp3) is 0.286. The van der Waals surface area contributed by atoms with E-state index in [4.69, 9.17) is 20.4 Å². The van der Waals surface area contributed by atoms with Crippen LogP contribution in [0.2, 0.25) is 5.02 Å². The van der Waals surface area contributed by atoms with Gasteiger partial charge in [0.1, 0.15) is 6.07 Å². The molecule has 0 aliphatic carbocycles. The van der Waals surface area contributed by atoms with Crippen molar-refractivity contribution >= 4 is 35.3 Å². The van der Waals surface area contributed by atoms with E-state index in [1.807, 2.05) is 29.2 Å². The number of furan rings is 1. The number of nitrogens with zero attached hydrogens (tertiary/aromatic N) is 4. The maximum atomic E-state index is 12.4. The van der Waals surface area contributed by atoms with Crippen LogP contribution in [0, 0.1) is 11.3 Å². The van der Waals surface area contributed by atoms with Gasteiger partial charge in [0.05, 0.1) is 6.26 Å². The predicted octanol–water partition coefficient (Wildman–Crippen LogP) is 4.08. The maximum absolute atomic E-state index is 12.4. The van der Waals surface area contributed by atoms with E-state index in [-0.39, 0.29) is 17.6 Å².